The van der Waals surface area contributed by atoms with Gasteiger partial charge in [-0.05, 0) is 34.1 Å². The number of nitrogens with zero attached hydrogens (tertiary/aromatic N) is 2. The molecule has 5 nitrogen and oxygen atoms in total. The Balaban J connectivity index is 2.61. The van der Waals surface area contributed by atoms with Crippen LogP contribution in [0.4, 0.5) is 0 Å². The van der Waals surface area contributed by atoms with Crippen molar-refractivity contribution >= 4 is 0 Å². The van der Waals surface area contributed by atoms with Crippen molar-refractivity contribution in [2.45, 2.75) is 52.8 Å². The molecule has 0 aliphatic carbocycles. The van der Waals surface area contributed by atoms with E-state index in [0.29, 0.717) is 0 Å². The Morgan fingerprint density at radius 1 is 1.25 bits per heavy atom. The van der Waals surface area contributed by atoms with Crippen LogP contribution >= 0.6 is 0 Å². The first-order valence-corrected chi connectivity index (χ1v) is 7.19. The predicted octanol–water partition coefficient (Wildman–Crippen LogP) is 2.05. The van der Waals surface area contributed by atoms with Crippen molar-refractivity contribution in [2.75, 3.05) is 27.4 Å². The van der Waals surface area contributed by atoms with Gasteiger partial charge in [0.25, 0.3) is 0 Å². The first kappa shape index (κ1) is 17.1. The molecule has 0 radical (unpaired) electrons. The third-order valence-electron chi connectivity index (χ3n) is 3.79. The van der Waals surface area contributed by atoms with Crippen LogP contribution in [0.2, 0.25) is 0 Å². The topological polar surface area (TPSA) is 48.3 Å². The number of aromatic nitrogens is 2. The summed E-state index contributed by atoms with van der Waals surface area (Å²) in [5, 5.41) is 8.01. The van der Waals surface area contributed by atoms with Gasteiger partial charge in [-0.3, -0.25) is 4.68 Å². The van der Waals surface area contributed by atoms with Gasteiger partial charge in [0.15, 0.2) is 0 Å². The maximum absolute atomic E-state index is 5.46. The molecule has 1 rings (SSSR count). The average molecular weight is 283 g/mol. The number of hydrogen-bond donors (Lipinski definition) is 1. The fourth-order valence-corrected chi connectivity index (χ4v) is 2.07. The van der Waals surface area contributed by atoms with Crippen LogP contribution in [0.15, 0.2) is 0 Å². The van der Waals surface area contributed by atoms with Crippen molar-refractivity contribution < 1.29 is 9.47 Å². The summed E-state index contributed by atoms with van der Waals surface area (Å²) in [5.74, 6) is 0. The summed E-state index contributed by atoms with van der Waals surface area (Å²) in [6, 6.07) is 0. The Morgan fingerprint density at radius 3 is 2.55 bits per heavy atom. The minimum atomic E-state index is -0.108. The van der Waals surface area contributed by atoms with E-state index < -0.39 is 0 Å². The maximum Gasteiger partial charge on any atom is 0.0641 e. The average Bonchev–Trinajstić information content (AvgIpc) is 2.68. The van der Waals surface area contributed by atoms with Crippen molar-refractivity contribution in [1.29, 1.82) is 0 Å². The maximum atomic E-state index is 5.46. The summed E-state index contributed by atoms with van der Waals surface area (Å²) in [7, 11) is 3.47. The Hall–Kier alpha value is -0.910. The van der Waals surface area contributed by atoms with Gasteiger partial charge in [-0.1, -0.05) is 0 Å². The van der Waals surface area contributed by atoms with Gasteiger partial charge in [-0.25, -0.2) is 0 Å². The van der Waals surface area contributed by atoms with Crippen LogP contribution in [0.1, 0.15) is 37.2 Å². The molecular formula is C15H29N3O2. The second kappa shape index (κ2) is 7.76. The van der Waals surface area contributed by atoms with E-state index in [1.807, 2.05) is 0 Å². The number of rotatable bonds is 9. The molecule has 0 spiro atoms. The Bertz CT molecular complexity index is 413. The molecule has 1 aromatic rings. The van der Waals surface area contributed by atoms with Gasteiger partial charge in [0.05, 0.1) is 17.9 Å². The third-order valence-corrected chi connectivity index (χ3v) is 3.79. The number of aryl methyl sites for hydroxylation is 2. The molecule has 0 aliphatic rings. The van der Waals surface area contributed by atoms with E-state index in [0.717, 1.165) is 38.4 Å². The molecular weight excluding hydrogens is 254 g/mol. The molecule has 116 valence electrons. The highest BCUT2D eigenvalue weighted by atomic mass is 16.5. The number of methoxy groups -OCH3 is 2. The molecule has 0 saturated heterocycles. The molecule has 0 bridgehead atoms. The quantitative estimate of drug-likeness (QED) is 0.705. The molecule has 0 atom stereocenters. The van der Waals surface area contributed by atoms with E-state index in [1.54, 1.807) is 14.2 Å². The van der Waals surface area contributed by atoms with Crippen molar-refractivity contribution in [2.24, 2.45) is 0 Å². The van der Waals surface area contributed by atoms with Crippen LogP contribution in [0, 0.1) is 13.8 Å². The van der Waals surface area contributed by atoms with Crippen molar-refractivity contribution in [3.63, 3.8) is 0 Å². The molecule has 0 unspecified atom stereocenters. The second-order valence-corrected chi connectivity index (χ2v) is 5.76. The van der Waals surface area contributed by atoms with Crippen LogP contribution in [0.25, 0.3) is 0 Å². The van der Waals surface area contributed by atoms with Gasteiger partial charge in [0, 0.05) is 45.1 Å². The van der Waals surface area contributed by atoms with E-state index >= 15 is 0 Å². The smallest absolute Gasteiger partial charge is 0.0641 e. The van der Waals surface area contributed by atoms with E-state index in [-0.39, 0.29) is 5.60 Å². The fourth-order valence-electron chi connectivity index (χ4n) is 2.07. The van der Waals surface area contributed by atoms with Crippen LogP contribution in [0.3, 0.4) is 0 Å². The van der Waals surface area contributed by atoms with Crippen molar-refractivity contribution in [3.05, 3.63) is 17.0 Å². The zero-order valence-corrected chi connectivity index (χ0v) is 13.7. The zero-order valence-electron chi connectivity index (χ0n) is 13.7. The number of nitrogens with one attached hydrogen (secondary N) is 1. The summed E-state index contributed by atoms with van der Waals surface area (Å²) in [5.41, 5.74) is 3.52. The van der Waals surface area contributed by atoms with Crippen molar-refractivity contribution in [3.8, 4) is 0 Å². The molecule has 1 N–H and O–H groups in total. The molecule has 0 amide bonds. The molecule has 1 aromatic heterocycles. The molecule has 20 heavy (non-hydrogen) atoms. The molecule has 0 saturated carbocycles. The normalized spacial score (nSPS) is 12.1. The molecule has 0 fully saturated rings. The first-order valence-electron chi connectivity index (χ1n) is 7.19. The number of ether oxygens (including phenoxy) is 2. The second-order valence-electron chi connectivity index (χ2n) is 5.76. The van der Waals surface area contributed by atoms with Crippen LogP contribution < -0.4 is 5.32 Å². The van der Waals surface area contributed by atoms with Crippen LogP contribution in [0.5, 0.6) is 0 Å². The number of hydrogen-bond acceptors (Lipinski definition) is 4. The first-order chi connectivity index (χ1) is 9.41. The summed E-state index contributed by atoms with van der Waals surface area (Å²) in [4.78, 5) is 0. The lowest BCUT2D eigenvalue weighted by Gasteiger charge is -2.22. The van der Waals surface area contributed by atoms with E-state index in [2.05, 4.69) is 42.8 Å². The van der Waals surface area contributed by atoms with Crippen LogP contribution in [-0.4, -0.2) is 42.8 Å². The van der Waals surface area contributed by atoms with Gasteiger partial charge in [0.2, 0.25) is 0 Å². The Morgan fingerprint density at radius 2 is 1.95 bits per heavy atom. The highest BCUT2D eigenvalue weighted by Crippen LogP contribution is 2.17. The van der Waals surface area contributed by atoms with E-state index in [9.17, 15) is 0 Å². The van der Waals surface area contributed by atoms with Gasteiger partial charge in [0.1, 0.15) is 0 Å². The van der Waals surface area contributed by atoms with Crippen molar-refractivity contribution in [1.82, 2.24) is 15.1 Å². The van der Waals surface area contributed by atoms with Gasteiger partial charge >= 0.3 is 0 Å². The predicted molar refractivity (Wildman–Crippen MR) is 81.0 cm³/mol. The van der Waals surface area contributed by atoms with Gasteiger partial charge in [-0.2, -0.15) is 5.10 Å². The zero-order chi connectivity index (χ0) is 15.2. The monoisotopic (exact) mass is 283 g/mol. The van der Waals surface area contributed by atoms with Gasteiger partial charge < -0.3 is 14.8 Å². The molecule has 0 aromatic carbocycles. The largest absolute Gasteiger partial charge is 0.383 e. The Kier molecular flexibility index (Phi) is 6.65. The Labute approximate surface area is 122 Å². The minimum absolute atomic E-state index is 0.108. The lowest BCUT2D eigenvalue weighted by Crippen LogP contribution is -2.25. The summed E-state index contributed by atoms with van der Waals surface area (Å²) in [6.07, 6.45) is 0.946. The lowest BCUT2D eigenvalue weighted by atomic mass is 10.1. The summed E-state index contributed by atoms with van der Waals surface area (Å²) in [6.45, 7) is 11.7. The lowest BCUT2D eigenvalue weighted by molar-refractivity contribution is 0.0112. The minimum Gasteiger partial charge on any atom is -0.383 e. The highest BCUT2D eigenvalue weighted by molar-refractivity contribution is 5.24. The summed E-state index contributed by atoms with van der Waals surface area (Å²) < 4.78 is 12.6. The van der Waals surface area contributed by atoms with E-state index in [4.69, 9.17) is 9.47 Å². The fraction of sp³-hybridized carbons (Fsp3) is 0.800. The molecule has 5 heteroatoms. The van der Waals surface area contributed by atoms with Gasteiger partial charge in [-0.15, -0.1) is 0 Å². The standard InChI is InChI=1S/C15H29N3O2/c1-12-14(11-16-8-10-19-5)13(2)18(17-12)9-7-15(3,4)20-6/h16H,7-11H2,1-6H3. The summed E-state index contributed by atoms with van der Waals surface area (Å²) >= 11 is 0. The SMILES string of the molecule is COCCNCc1c(C)nn(CCC(C)(C)OC)c1C. The van der Waals surface area contributed by atoms with Crippen LogP contribution in [-0.2, 0) is 22.6 Å². The van der Waals surface area contributed by atoms with E-state index in [1.165, 1.54) is 11.3 Å². The molecule has 1 heterocycles. The highest BCUT2D eigenvalue weighted by Gasteiger charge is 2.18. The molecule has 0 aliphatic heterocycles. The third kappa shape index (κ3) is 4.89.